The zero-order chi connectivity index (χ0) is 12.8. The largest absolute Gasteiger partial charge is 0.389 e. The predicted octanol–water partition coefficient (Wildman–Crippen LogP) is 1.98. The minimum absolute atomic E-state index is 0.282. The van der Waals surface area contributed by atoms with E-state index >= 15 is 0 Å². The molecule has 0 aromatic heterocycles. The van der Waals surface area contributed by atoms with Crippen LogP contribution in [0.4, 0.5) is 0 Å². The van der Waals surface area contributed by atoms with E-state index in [1.54, 1.807) is 7.11 Å². The molecule has 0 aliphatic heterocycles. The molecule has 98 valence electrons. The Morgan fingerprint density at radius 2 is 1.88 bits per heavy atom. The van der Waals surface area contributed by atoms with Gasteiger partial charge in [0.15, 0.2) is 0 Å². The second-order valence-corrected chi connectivity index (χ2v) is 6.20. The lowest BCUT2D eigenvalue weighted by Crippen LogP contribution is -2.39. The molecule has 0 aromatic rings. The SMILES string of the molecule is COCC(O)CN(C)CC(CBr)C(C)(C)C. The lowest BCUT2D eigenvalue weighted by molar-refractivity contribution is 0.0369. The number of ether oxygens (including phenoxy) is 1. The van der Waals surface area contributed by atoms with Crippen molar-refractivity contribution in [1.82, 2.24) is 4.90 Å². The van der Waals surface area contributed by atoms with Crippen molar-refractivity contribution in [3.63, 3.8) is 0 Å². The van der Waals surface area contributed by atoms with E-state index in [1.807, 2.05) is 7.05 Å². The number of hydrogen-bond acceptors (Lipinski definition) is 3. The van der Waals surface area contributed by atoms with Crippen molar-refractivity contribution in [2.45, 2.75) is 26.9 Å². The molecular formula is C12H26BrNO2. The quantitative estimate of drug-likeness (QED) is 0.729. The number of halogens is 1. The average molecular weight is 296 g/mol. The van der Waals surface area contributed by atoms with Gasteiger partial charge in [0.05, 0.1) is 12.7 Å². The summed E-state index contributed by atoms with van der Waals surface area (Å²) < 4.78 is 4.92. The van der Waals surface area contributed by atoms with Crippen LogP contribution in [0.2, 0.25) is 0 Å². The van der Waals surface area contributed by atoms with Crippen molar-refractivity contribution >= 4 is 15.9 Å². The van der Waals surface area contributed by atoms with E-state index in [9.17, 15) is 5.11 Å². The number of rotatable bonds is 7. The van der Waals surface area contributed by atoms with Crippen molar-refractivity contribution in [1.29, 1.82) is 0 Å². The minimum atomic E-state index is -0.397. The van der Waals surface area contributed by atoms with Gasteiger partial charge in [-0.1, -0.05) is 36.7 Å². The van der Waals surface area contributed by atoms with Gasteiger partial charge in [-0.05, 0) is 18.4 Å². The van der Waals surface area contributed by atoms with Gasteiger partial charge in [0, 0.05) is 25.5 Å². The second kappa shape index (κ2) is 7.64. The van der Waals surface area contributed by atoms with E-state index in [-0.39, 0.29) is 5.41 Å². The second-order valence-electron chi connectivity index (χ2n) is 5.55. The topological polar surface area (TPSA) is 32.7 Å². The van der Waals surface area contributed by atoms with Crippen LogP contribution in [0.25, 0.3) is 0 Å². The van der Waals surface area contributed by atoms with Crippen LogP contribution in [-0.2, 0) is 4.74 Å². The Hall–Kier alpha value is 0.360. The van der Waals surface area contributed by atoms with Crippen molar-refractivity contribution in [2.75, 3.05) is 39.2 Å². The monoisotopic (exact) mass is 295 g/mol. The minimum Gasteiger partial charge on any atom is -0.389 e. The maximum absolute atomic E-state index is 9.63. The molecule has 0 aliphatic carbocycles. The highest BCUT2D eigenvalue weighted by atomic mass is 79.9. The van der Waals surface area contributed by atoms with Gasteiger partial charge in [-0.3, -0.25) is 0 Å². The summed E-state index contributed by atoms with van der Waals surface area (Å²) in [5.74, 6) is 0.576. The predicted molar refractivity (Wildman–Crippen MR) is 72.1 cm³/mol. The van der Waals surface area contributed by atoms with Crippen LogP contribution < -0.4 is 0 Å². The number of hydrogen-bond donors (Lipinski definition) is 1. The molecule has 0 saturated carbocycles. The van der Waals surface area contributed by atoms with Crippen LogP contribution >= 0.6 is 15.9 Å². The maximum atomic E-state index is 9.63. The molecule has 2 atom stereocenters. The van der Waals surface area contributed by atoms with Crippen molar-refractivity contribution in [2.24, 2.45) is 11.3 Å². The molecule has 0 aliphatic rings. The molecule has 0 rings (SSSR count). The first kappa shape index (κ1) is 16.4. The van der Waals surface area contributed by atoms with Gasteiger partial charge in [-0.15, -0.1) is 0 Å². The summed E-state index contributed by atoms with van der Waals surface area (Å²) in [6.07, 6.45) is -0.397. The third-order valence-electron chi connectivity index (χ3n) is 2.82. The Kier molecular flexibility index (Phi) is 7.81. The summed E-state index contributed by atoms with van der Waals surface area (Å²) >= 11 is 3.56. The first-order valence-corrected chi connectivity index (χ1v) is 6.85. The van der Waals surface area contributed by atoms with E-state index in [4.69, 9.17) is 4.74 Å². The molecule has 0 radical (unpaired) electrons. The summed E-state index contributed by atoms with van der Waals surface area (Å²) in [7, 11) is 3.65. The van der Waals surface area contributed by atoms with Crippen LogP contribution in [0, 0.1) is 11.3 Å². The van der Waals surface area contributed by atoms with Gasteiger partial charge in [0.2, 0.25) is 0 Å². The normalized spacial score (nSPS) is 16.5. The lowest BCUT2D eigenvalue weighted by atomic mass is 9.82. The molecule has 1 N–H and O–H groups in total. The van der Waals surface area contributed by atoms with Crippen LogP contribution in [0.5, 0.6) is 0 Å². The lowest BCUT2D eigenvalue weighted by Gasteiger charge is -2.33. The van der Waals surface area contributed by atoms with E-state index in [2.05, 4.69) is 41.6 Å². The molecule has 3 nitrogen and oxygen atoms in total. The first-order valence-electron chi connectivity index (χ1n) is 5.72. The number of methoxy groups -OCH3 is 1. The number of likely N-dealkylation sites (N-methyl/N-ethyl adjacent to an activating group) is 1. The smallest absolute Gasteiger partial charge is 0.0899 e. The number of nitrogens with zero attached hydrogens (tertiary/aromatic N) is 1. The fraction of sp³-hybridized carbons (Fsp3) is 1.00. The van der Waals surface area contributed by atoms with Gasteiger partial charge in [-0.2, -0.15) is 0 Å². The van der Waals surface area contributed by atoms with E-state index in [0.717, 1.165) is 11.9 Å². The Morgan fingerprint density at radius 3 is 2.25 bits per heavy atom. The van der Waals surface area contributed by atoms with Crippen molar-refractivity contribution in [3.8, 4) is 0 Å². The third kappa shape index (κ3) is 6.84. The van der Waals surface area contributed by atoms with Crippen LogP contribution in [-0.4, -0.2) is 55.3 Å². The molecule has 0 bridgehead atoms. The number of alkyl halides is 1. The summed E-state index contributed by atoms with van der Waals surface area (Å²) in [4.78, 5) is 2.17. The molecule has 2 unspecified atom stereocenters. The van der Waals surface area contributed by atoms with Crippen LogP contribution in [0.15, 0.2) is 0 Å². The molecular weight excluding hydrogens is 270 g/mol. The summed E-state index contributed by atoms with van der Waals surface area (Å²) in [6, 6.07) is 0. The summed E-state index contributed by atoms with van der Waals surface area (Å²) in [5, 5.41) is 10.6. The van der Waals surface area contributed by atoms with Crippen LogP contribution in [0.3, 0.4) is 0 Å². The van der Waals surface area contributed by atoms with Crippen molar-refractivity contribution in [3.05, 3.63) is 0 Å². The molecule has 0 spiro atoms. The Morgan fingerprint density at radius 1 is 1.31 bits per heavy atom. The molecule has 0 amide bonds. The summed E-state index contributed by atoms with van der Waals surface area (Å²) in [6.45, 7) is 8.79. The zero-order valence-electron chi connectivity index (χ0n) is 11.2. The Bertz CT molecular complexity index is 182. The highest BCUT2D eigenvalue weighted by Crippen LogP contribution is 2.27. The van der Waals surface area contributed by atoms with Gasteiger partial charge >= 0.3 is 0 Å². The standard InChI is InChI=1S/C12H26BrNO2/c1-12(2,3)10(6-13)7-14(4)8-11(15)9-16-5/h10-11,15H,6-9H2,1-5H3. The fourth-order valence-electron chi connectivity index (χ4n) is 1.61. The molecule has 0 saturated heterocycles. The van der Waals surface area contributed by atoms with Crippen LogP contribution in [0.1, 0.15) is 20.8 Å². The van der Waals surface area contributed by atoms with E-state index < -0.39 is 6.10 Å². The number of aliphatic hydroxyl groups is 1. The fourth-order valence-corrected chi connectivity index (χ4v) is 2.79. The van der Waals surface area contributed by atoms with Gasteiger partial charge in [0.25, 0.3) is 0 Å². The summed E-state index contributed by atoms with van der Waals surface area (Å²) in [5.41, 5.74) is 0.282. The van der Waals surface area contributed by atoms with E-state index in [1.165, 1.54) is 0 Å². The Labute approximate surface area is 108 Å². The van der Waals surface area contributed by atoms with Gasteiger partial charge < -0.3 is 14.7 Å². The van der Waals surface area contributed by atoms with E-state index in [0.29, 0.717) is 19.1 Å². The highest BCUT2D eigenvalue weighted by Gasteiger charge is 2.25. The molecule has 0 fully saturated rings. The maximum Gasteiger partial charge on any atom is 0.0899 e. The van der Waals surface area contributed by atoms with Gasteiger partial charge in [-0.25, -0.2) is 0 Å². The first-order chi connectivity index (χ1) is 7.31. The molecule has 0 aromatic carbocycles. The molecule has 0 heterocycles. The van der Waals surface area contributed by atoms with Crippen molar-refractivity contribution < 1.29 is 9.84 Å². The number of aliphatic hydroxyl groups excluding tert-OH is 1. The zero-order valence-corrected chi connectivity index (χ0v) is 12.7. The third-order valence-corrected chi connectivity index (χ3v) is 3.61. The molecule has 4 heteroatoms. The average Bonchev–Trinajstić information content (AvgIpc) is 2.12. The highest BCUT2D eigenvalue weighted by molar-refractivity contribution is 9.09. The molecule has 16 heavy (non-hydrogen) atoms. The van der Waals surface area contributed by atoms with Gasteiger partial charge in [0.1, 0.15) is 0 Å². The Balaban J connectivity index is 4.06.